The van der Waals surface area contributed by atoms with E-state index in [1.165, 1.54) is 0 Å². The highest BCUT2D eigenvalue weighted by Crippen LogP contribution is 2.23. The molecule has 0 saturated carbocycles. The number of para-hydroxylation sites is 1. The van der Waals surface area contributed by atoms with Crippen molar-refractivity contribution in [2.24, 2.45) is 5.73 Å². The van der Waals surface area contributed by atoms with E-state index in [0.717, 1.165) is 16.5 Å². The number of carbonyl (C=O) groups is 1. The molecular formula is C18H20BrClN2O2. The SMILES string of the molecule is Cl.N[C@@H]1CCN(C(=O)c2ccccc2OCc2cccc(Br)c2)C1. The smallest absolute Gasteiger partial charge is 0.257 e. The van der Waals surface area contributed by atoms with Gasteiger partial charge in [-0.05, 0) is 36.2 Å². The van der Waals surface area contributed by atoms with E-state index in [2.05, 4.69) is 15.9 Å². The van der Waals surface area contributed by atoms with Crippen molar-refractivity contribution in [3.8, 4) is 5.75 Å². The van der Waals surface area contributed by atoms with E-state index in [1.54, 1.807) is 4.90 Å². The molecule has 128 valence electrons. The molecule has 6 heteroatoms. The highest BCUT2D eigenvalue weighted by Gasteiger charge is 2.26. The van der Waals surface area contributed by atoms with Crippen LogP contribution in [-0.2, 0) is 6.61 Å². The predicted octanol–water partition coefficient (Wildman–Crippen LogP) is 3.62. The monoisotopic (exact) mass is 410 g/mol. The fourth-order valence-electron chi connectivity index (χ4n) is 2.70. The zero-order valence-corrected chi connectivity index (χ0v) is 15.6. The molecule has 2 aromatic rings. The van der Waals surface area contributed by atoms with Gasteiger partial charge in [0, 0.05) is 23.6 Å². The molecule has 0 unspecified atom stereocenters. The van der Waals surface area contributed by atoms with Gasteiger partial charge in [0.25, 0.3) is 5.91 Å². The molecule has 0 aromatic heterocycles. The average Bonchev–Trinajstić information content (AvgIpc) is 2.99. The van der Waals surface area contributed by atoms with E-state index in [4.69, 9.17) is 10.5 Å². The second-order valence-corrected chi connectivity index (χ2v) is 6.63. The van der Waals surface area contributed by atoms with E-state index in [0.29, 0.717) is 31.0 Å². The highest BCUT2D eigenvalue weighted by atomic mass is 79.9. The Morgan fingerprint density at radius 2 is 2.04 bits per heavy atom. The van der Waals surface area contributed by atoms with E-state index >= 15 is 0 Å². The Kier molecular flexibility index (Phi) is 6.66. The summed E-state index contributed by atoms with van der Waals surface area (Å²) < 4.78 is 6.89. The van der Waals surface area contributed by atoms with Crippen LogP contribution in [0.1, 0.15) is 22.3 Å². The van der Waals surface area contributed by atoms with Gasteiger partial charge >= 0.3 is 0 Å². The summed E-state index contributed by atoms with van der Waals surface area (Å²) in [7, 11) is 0. The van der Waals surface area contributed by atoms with Gasteiger partial charge in [0.05, 0.1) is 5.56 Å². The quantitative estimate of drug-likeness (QED) is 0.836. The second-order valence-electron chi connectivity index (χ2n) is 5.71. The number of nitrogens with two attached hydrogens (primary N) is 1. The number of likely N-dealkylation sites (tertiary alicyclic amines) is 1. The van der Waals surface area contributed by atoms with Gasteiger partial charge in [-0.15, -0.1) is 12.4 Å². The summed E-state index contributed by atoms with van der Waals surface area (Å²) in [5.74, 6) is 0.598. The first-order valence-corrected chi connectivity index (χ1v) is 8.44. The van der Waals surface area contributed by atoms with Crippen LogP contribution < -0.4 is 10.5 Å². The molecule has 1 amide bonds. The normalized spacial score (nSPS) is 16.6. The molecule has 4 nitrogen and oxygen atoms in total. The molecular weight excluding hydrogens is 392 g/mol. The predicted molar refractivity (Wildman–Crippen MR) is 101 cm³/mol. The fourth-order valence-corrected chi connectivity index (χ4v) is 3.15. The third-order valence-corrected chi connectivity index (χ3v) is 4.41. The van der Waals surface area contributed by atoms with E-state index in [-0.39, 0.29) is 24.4 Å². The van der Waals surface area contributed by atoms with Crippen molar-refractivity contribution in [2.45, 2.75) is 19.1 Å². The van der Waals surface area contributed by atoms with Gasteiger partial charge in [0.2, 0.25) is 0 Å². The lowest BCUT2D eigenvalue weighted by Crippen LogP contribution is -2.32. The van der Waals surface area contributed by atoms with Gasteiger partial charge in [-0.25, -0.2) is 0 Å². The zero-order chi connectivity index (χ0) is 16.2. The minimum absolute atomic E-state index is 0. The molecule has 0 spiro atoms. The van der Waals surface area contributed by atoms with Crippen LogP contribution in [0.25, 0.3) is 0 Å². The van der Waals surface area contributed by atoms with Crippen molar-refractivity contribution in [3.05, 3.63) is 64.1 Å². The number of amides is 1. The maximum Gasteiger partial charge on any atom is 0.257 e. The van der Waals surface area contributed by atoms with E-state index in [1.807, 2.05) is 48.5 Å². The molecule has 2 aromatic carbocycles. The zero-order valence-electron chi connectivity index (χ0n) is 13.2. The summed E-state index contributed by atoms with van der Waals surface area (Å²) in [6.07, 6.45) is 0.854. The van der Waals surface area contributed by atoms with Crippen LogP contribution in [0.4, 0.5) is 0 Å². The largest absolute Gasteiger partial charge is 0.488 e. The summed E-state index contributed by atoms with van der Waals surface area (Å²) in [6, 6.07) is 15.4. The number of rotatable bonds is 4. The molecule has 1 atom stereocenters. The number of ether oxygens (including phenoxy) is 1. The number of benzene rings is 2. The first-order valence-electron chi connectivity index (χ1n) is 7.64. The molecule has 3 rings (SSSR count). The van der Waals surface area contributed by atoms with Gasteiger partial charge in [0.15, 0.2) is 0 Å². The van der Waals surface area contributed by atoms with Gasteiger partial charge in [0.1, 0.15) is 12.4 Å². The van der Waals surface area contributed by atoms with Crippen LogP contribution in [0.5, 0.6) is 5.75 Å². The van der Waals surface area contributed by atoms with Crippen molar-refractivity contribution in [1.29, 1.82) is 0 Å². The molecule has 1 aliphatic heterocycles. The van der Waals surface area contributed by atoms with Crippen molar-refractivity contribution in [1.82, 2.24) is 4.90 Å². The first-order chi connectivity index (χ1) is 11.1. The first kappa shape index (κ1) is 18.8. The Hall–Kier alpha value is -1.56. The van der Waals surface area contributed by atoms with E-state index in [9.17, 15) is 4.79 Å². The molecule has 1 aliphatic rings. The molecule has 0 bridgehead atoms. The van der Waals surface area contributed by atoms with Crippen molar-refractivity contribution in [3.63, 3.8) is 0 Å². The number of hydrogen-bond acceptors (Lipinski definition) is 3. The number of nitrogens with zero attached hydrogens (tertiary/aromatic N) is 1. The Balaban J connectivity index is 0.00000208. The number of carbonyl (C=O) groups excluding carboxylic acids is 1. The van der Waals surface area contributed by atoms with Gasteiger partial charge in [-0.3, -0.25) is 4.79 Å². The lowest BCUT2D eigenvalue weighted by atomic mass is 10.1. The average molecular weight is 412 g/mol. The summed E-state index contributed by atoms with van der Waals surface area (Å²) in [5.41, 5.74) is 7.54. The Bertz CT molecular complexity index is 711. The van der Waals surface area contributed by atoms with Crippen molar-refractivity contribution in [2.75, 3.05) is 13.1 Å². The lowest BCUT2D eigenvalue weighted by molar-refractivity contribution is 0.0786. The van der Waals surface area contributed by atoms with Crippen LogP contribution in [0.2, 0.25) is 0 Å². The summed E-state index contributed by atoms with van der Waals surface area (Å²) in [4.78, 5) is 14.5. The molecule has 0 radical (unpaired) electrons. The van der Waals surface area contributed by atoms with Gasteiger partial charge < -0.3 is 15.4 Å². The van der Waals surface area contributed by atoms with Crippen LogP contribution in [0.15, 0.2) is 53.0 Å². The Morgan fingerprint density at radius 1 is 1.25 bits per heavy atom. The molecule has 2 N–H and O–H groups in total. The Labute approximate surface area is 156 Å². The van der Waals surface area contributed by atoms with Crippen LogP contribution in [-0.4, -0.2) is 29.9 Å². The number of halogens is 2. The highest BCUT2D eigenvalue weighted by molar-refractivity contribution is 9.10. The minimum atomic E-state index is -0.0113. The van der Waals surface area contributed by atoms with Crippen molar-refractivity contribution < 1.29 is 9.53 Å². The van der Waals surface area contributed by atoms with E-state index < -0.39 is 0 Å². The maximum absolute atomic E-state index is 12.7. The topological polar surface area (TPSA) is 55.6 Å². The van der Waals surface area contributed by atoms with Crippen LogP contribution >= 0.6 is 28.3 Å². The van der Waals surface area contributed by atoms with Crippen LogP contribution in [0, 0.1) is 0 Å². The Morgan fingerprint density at radius 3 is 2.75 bits per heavy atom. The minimum Gasteiger partial charge on any atom is -0.488 e. The second kappa shape index (κ2) is 8.51. The molecule has 1 heterocycles. The number of hydrogen-bond donors (Lipinski definition) is 1. The van der Waals surface area contributed by atoms with Gasteiger partial charge in [-0.2, -0.15) is 0 Å². The van der Waals surface area contributed by atoms with Crippen LogP contribution in [0.3, 0.4) is 0 Å². The van der Waals surface area contributed by atoms with Crippen molar-refractivity contribution >= 4 is 34.2 Å². The standard InChI is InChI=1S/C18H19BrN2O2.ClH/c19-14-5-3-4-13(10-14)12-23-17-7-2-1-6-16(17)18(22)21-9-8-15(20)11-21;/h1-7,10,15H,8-9,11-12,20H2;1H/t15-;/m1./s1. The molecule has 0 aliphatic carbocycles. The summed E-state index contributed by atoms with van der Waals surface area (Å²) in [5, 5.41) is 0. The third-order valence-electron chi connectivity index (χ3n) is 3.91. The lowest BCUT2D eigenvalue weighted by Gasteiger charge is -2.18. The fraction of sp³-hybridized carbons (Fsp3) is 0.278. The summed E-state index contributed by atoms with van der Waals surface area (Å²) in [6.45, 7) is 1.74. The summed E-state index contributed by atoms with van der Waals surface area (Å²) >= 11 is 3.45. The molecule has 1 fully saturated rings. The molecule has 24 heavy (non-hydrogen) atoms. The molecule has 1 saturated heterocycles. The maximum atomic E-state index is 12.7. The third kappa shape index (κ3) is 4.50. The van der Waals surface area contributed by atoms with Gasteiger partial charge in [-0.1, -0.05) is 40.2 Å².